The summed E-state index contributed by atoms with van der Waals surface area (Å²) in [4.78, 5) is 40.0. The van der Waals surface area contributed by atoms with Gasteiger partial charge in [0.1, 0.15) is 10.8 Å². The third kappa shape index (κ3) is 4.95. The van der Waals surface area contributed by atoms with Gasteiger partial charge in [0.15, 0.2) is 6.61 Å². The molecule has 4 rings (SSSR count). The molecule has 8 heteroatoms. The second-order valence-corrected chi connectivity index (χ2v) is 9.12. The summed E-state index contributed by atoms with van der Waals surface area (Å²) in [7, 11) is 0. The molecule has 0 bridgehead atoms. The monoisotopic (exact) mass is 444 g/mol. The highest BCUT2D eigenvalue weighted by atomic mass is 32.1. The number of fused-ring (bicyclic) bond motifs is 1. The number of thiophene rings is 1. The second kappa shape index (κ2) is 9.18. The van der Waals surface area contributed by atoms with E-state index in [0.717, 1.165) is 49.0 Å². The summed E-state index contributed by atoms with van der Waals surface area (Å²) in [6, 6.07) is 6.42. The summed E-state index contributed by atoms with van der Waals surface area (Å²) in [6.45, 7) is 1.14. The molecule has 2 aromatic rings. The van der Waals surface area contributed by atoms with E-state index in [1.165, 1.54) is 24.3 Å². The number of benzene rings is 1. The lowest BCUT2D eigenvalue weighted by atomic mass is 9.95. The minimum atomic E-state index is -0.599. The quantitative estimate of drug-likeness (QED) is 0.653. The third-order valence-corrected chi connectivity index (χ3v) is 6.81. The normalized spacial score (nSPS) is 15.2. The summed E-state index contributed by atoms with van der Waals surface area (Å²) in [6.07, 6.45) is 5.37. The molecule has 1 aromatic carbocycles. The predicted octanol–water partition coefficient (Wildman–Crippen LogP) is 4.07. The molecule has 0 aliphatic heterocycles. The average molecular weight is 445 g/mol. The molecule has 1 N–H and O–H groups in total. The number of carbonyl (C=O) groups is 3. The zero-order valence-electron chi connectivity index (χ0n) is 17.4. The molecule has 1 aromatic heterocycles. The van der Waals surface area contributed by atoms with Gasteiger partial charge >= 0.3 is 5.97 Å². The van der Waals surface area contributed by atoms with E-state index in [-0.39, 0.29) is 30.2 Å². The van der Waals surface area contributed by atoms with Crippen molar-refractivity contribution >= 4 is 34.1 Å². The van der Waals surface area contributed by atoms with Crippen LogP contribution in [0.1, 0.15) is 59.0 Å². The van der Waals surface area contributed by atoms with Gasteiger partial charge in [0.25, 0.3) is 5.91 Å². The number of hydrogen-bond acceptors (Lipinski definition) is 5. The number of anilines is 1. The molecular formula is C23H25FN2O4S. The van der Waals surface area contributed by atoms with Gasteiger partial charge in [-0.05, 0) is 50.2 Å². The third-order valence-electron chi connectivity index (χ3n) is 5.60. The first-order valence-corrected chi connectivity index (χ1v) is 11.4. The first-order valence-electron chi connectivity index (χ1n) is 10.6. The summed E-state index contributed by atoms with van der Waals surface area (Å²) in [5, 5.41) is 3.22. The maximum absolute atomic E-state index is 14.0. The smallest absolute Gasteiger partial charge is 0.341 e. The summed E-state index contributed by atoms with van der Waals surface area (Å²) in [5.41, 5.74) is 1.73. The average Bonchev–Trinajstić information content (AvgIpc) is 3.51. The van der Waals surface area contributed by atoms with E-state index < -0.39 is 12.6 Å². The lowest BCUT2D eigenvalue weighted by Gasteiger charge is -2.23. The maximum Gasteiger partial charge on any atom is 0.341 e. The summed E-state index contributed by atoms with van der Waals surface area (Å²) < 4.78 is 19.4. The molecule has 2 aliphatic carbocycles. The van der Waals surface area contributed by atoms with Gasteiger partial charge in [-0.15, -0.1) is 11.3 Å². The fraction of sp³-hybridized carbons (Fsp3) is 0.435. The van der Waals surface area contributed by atoms with Crippen molar-refractivity contribution in [3.05, 3.63) is 51.7 Å². The Morgan fingerprint density at radius 3 is 2.65 bits per heavy atom. The number of carbonyl (C=O) groups excluding carboxylic acids is 3. The number of nitrogens with one attached hydrogen (secondary N) is 1. The van der Waals surface area contributed by atoms with Crippen LogP contribution < -0.4 is 5.32 Å². The minimum Gasteiger partial charge on any atom is -0.452 e. The highest BCUT2D eigenvalue weighted by Gasteiger charge is 2.34. The molecule has 0 atom stereocenters. The van der Waals surface area contributed by atoms with Gasteiger partial charge in [-0.3, -0.25) is 9.59 Å². The molecule has 1 fully saturated rings. The molecule has 0 radical (unpaired) electrons. The lowest BCUT2D eigenvalue weighted by Crippen LogP contribution is -2.36. The molecule has 0 saturated heterocycles. The van der Waals surface area contributed by atoms with Crippen LogP contribution in [0.3, 0.4) is 0 Å². The highest BCUT2D eigenvalue weighted by Crippen LogP contribution is 2.38. The first kappa shape index (κ1) is 21.5. The van der Waals surface area contributed by atoms with Crippen LogP contribution in [0.25, 0.3) is 0 Å². The first-order chi connectivity index (χ1) is 14.9. The molecule has 0 unspecified atom stereocenters. The zero-order chi connectivity index (χ0) is 22.0. The van der Waals surface area contributed by atoms with Crippen molar-refractivity contribution in [2.24, 2.45) is 0 Å². The number of halogens is 1. The number of amides is 2. The van der Waals surface area contributed by atoms with E-state index in [9.17, 15) is 18.8 Å². The fourth-order valence-corrected chi connectivity index (χ4v) is 5.25. The highest BCUT2D eigenvalue weighted by molar-refractivity contribution is 7.17. The molecule has 164 valence electrons. The lowest BCUT2D eigenvalue weighted by molar-refractivity contribution is -0.135. The Morgan fingerprint density at radius 1 is 1.19 bits per heavy atom. The summed E-state index contributed by atoms with van der Waals surface area (Å²) in [5.74, 6) is -1.56. The molecule has 31 heavy (non-hydrogen) atoms. The van der Waals surface area contributed by atoms with Gasteiger partial charge in [-0.2, -0.15) is 0 Å². The Labute approximate surface area is 184 Å². The van der Waals surface area contributed by atoms with E-state index in [1.54, 1.807) is 23.1 Å². The fourth-order valence-electron chi connectivity index (χ4n) is 3.93. The molecule has 6 nitrogen and oxygen atoms in total. The topological polar surface area (TPSA) is 75.7 Å². The van der Waals surface area contributed by atoms with Crippen molar-refractivity contribution in [2.45, 2.75) is 58.0 Å². The minimum absolute atomic E-state index is 0.0506. The molecule has 1 heterocycles. The molecular weight excluding hydrogens is 419 g/mol. The zero-order valence-corrected chi connectivity index (χ0v) is 18.2. The Hall–Kier alpha value is -2.74. The molecule has 2 amide bonds. The number of hydrogen-bond donors (Lipinski definition) is 1. The van der Waals surface area contributed by atoms with Crippen molar-refractivity contribution in [1.82, 2.24) is 4.90 Å². The number of rotatable bonds is 7. The molecule has 2 aliphatic rings. The van der Waals surface area contributed by atoms with Crippen molar-refractivity contribution < 1.29 is 23.5 Å². The maximum atomic E-state index is 14.0. The molecule has 0 spiro atoms. The van der Waals surface area contributed by atoms with Crippen molar-refractivity contribution in [3.8, 4) is 0 Å². The Bertz CT molecular complexity index is 1020. The van der Waals surface area contributed by atoms with Crippen molar-refractivity contribution in [1.29, 1.82) is 0 Å². The number of ether oxygens (including phenoxy) is 1. The Morgan fingerprint density at radius 2 is 1.94 bits per heavy atom. The largest absolute Gasteiger partial charge is 0.452 e. The second-order valence-electron chi connectivity index (χ2n) is 8.02. The van der Waals surface area contributed by atoms with Crippen LogP contribution in [-0.2, 0) is 33.7 Å². The van der Waals surface area contributed by atoms with Gasteiger partial charge in [0.2, 0.25) is 5.91 Å². The Balaban J connectivity index is 1.46. The standard InChI is InChI=1S/C23H25FN2O4S/c1-14(27)25-22-21(17-7-3-5-9-19(17)31-22)23(29)30-13-20(28)26(16-10-11-16)12-15-6-2-4-8-18(15)24/h2,4,6,8,16H,3,5,7,9-13H2,1H3,(H,25,27). The van der Waals surface area contributed by atoms with Crippen LogP contribution in [0.4, 0.5) is 9.39 Å². The van der Waals surface area contributed by atoms with Gasteiger partial charge < -0.3 is 15.0 Å². The van der Waals surface area contributed by atoms with Gasteiger partial charge in [0, 0.05) is 30.0 Å². The van der Waals surface area contributed by atoms with Crippen LogP contribution in [0.15, 0.2) is 24.3 Å². The van der Waals surface area contributed by atoms with E-state index in [4.69, 9.17) is 4.74 Å². The molecule has 1 saturated carbocycles. The summed E-state index contributed by atoms with van der Waals surface area (Å²) >= 11 is 1.41. The van der Waals surface area contributed by atoms with Crippen LogP contribution in [0.5, 0.6) is 0 Å². The van der Waals surface area contributed by atoms with E-state index in [2.05, 4.69) is 5.32 Å². The van der Waals surface area contributed by atoms with Crippen molar-refractivity contribution in [2.75, 3.05) is 11.9 Å². The van der Waals surface area contributed by atoms with Gasteiger partial charge in [0.05, 0.1) is 5.56 Å². The SMILES string of the molecule is CC(=O)Nc1sc2c(c1C(=O)OCC(=O)N(Cc1ccccc1F)C1CC1)CCCC2. The van der Waals surface area contributed by atoms with Crippen LogP contribution in [-0.4, -0.2) is 35.3 Å². The predicted molar refractivity (Wildman–Crippen MR) is 116 cm³/mol. The number of nitrogens with zero attached hydrogens (tertiary/aromatic N) is 1. The van der Waals surface area contributed by atoms with Crippen LogP contribution in [0, 0.1) is 5.82 Å². The van der Waals surface area contributed by atoms with Crippen molar-refractivity contribution in [3.63, 3.8) is 0 Å². The van der Waals surface area contributed by atoms with Crippen LogP contribution in [0.2, 0.25) is 0 Å². The van der Waals surface area contributed by atoms with E-state index >= 15 is 0 Å². The van der Waals surface area contributed by atoms with Gasteiger partial charge in [-0.25, -0.2) is 9.18 Å². The number of esters is 1. The Kier molecular flexibility index (Phi) is 6.36. The van der Waals surface area contributed by atoms with Gasteiger partial charge in [-0.1, -0.05) is 18.2 Å². The van der Waals surface area contributed by atoms with Crippen LogP contribution >= 0.6 is 11.3 Å². The number of aryl methyl sites for hydroxylation is 1. The van der Waals surface area contributed by atoms with E-state index in [1.807, 2.05) is 0 Å². The van der Waals surface area contributed by atoms with E-state index in [0.29, 0.717) is 16.1 Å².